The molecule has 0 spiro atoms. The Morgan fingerprint density at radius 1 is 1.04 bits per heavy atom. The summed E-state index contributed by atoms with van der Waals surface area (Å²) < 4.78 is 1.85. The highest BCUT2D eigenvalue weighted by molar-refractivity contribution is 5.90. The van der Waals surface area contributed by atoms with Gasteiger partial charge >= 0.3 is 0 Å². The Bertz CT molecular complexity index is 768. The number of hydrogen-bond acceptors (Lipinski definition) is 5. The second-order valence-corrected chi connectivity index (χ2v) is 6.97. The largest absolute Gasteiger partial charge is 0.380 e. The van der Waals surface area contributed by atoms with Crippen molar-refractivity contribution in [1.29, 1.82) is 0 Å². The van der Waals surface area contributed by atoms with E-state index in [1.807, 2.05) is 41.2 Å². The first-order valence-electron chi connectivity index (χ1n) is 9.53. The lowest BCUT2D eigenvalue weighted by Crippen LogP contribution is -2.49. The minimum absolute atomic E-state index is 0.372. The van der Waals surface area contributed by atoms with Crippen LogP contribution >= 0.6 is 0 Å². The molecule has 3 rings (SSSR count). The van der Waals surface area contributed by atoms with E-state index in [0.29, 0.717) is 19.6 Å². The van der Waals surface area contributed by atoms with Gasteiger partial charge in [-0.3, -0.25) is 14.3 Å². The van der Waals surface area contributed by atoms with Crippen LogP contribution in [0.1, 0.15) is 30.4 Å². The summed E-state index contributed by atoms with van der Waals surface area (Å²) in [5.41, 5.74) is 2.02. The minimum Gasteiger partial charge on any atom is -0.380 e. The molecule has 0 saturated heterocycles. The van der Waals surface area contributed by atoms with Crippen LogP contribution in [0.25, 0.3) is 0 Å². The highest BCUT2D eigenvalue weighted by Crippen LogP contribution is 2.23. The van der Waals surface area contributed by atoms with Crippen molar-refractivity contribution in [2.75, 3.05) is 6.54 Å². The lowest BCUT2D eigenvalue weighted by molar-refractivity contribution is -0.153. The summed E-state index contributed by atoms with van der Waals surface area (Å²) in [5, 5.41) is 26.9. The van der Waals surface area contributed by atoms with Gasteiger partial charge in [-0.2, -0.15) is 5.10 Å². The Balaban J connectivity index is 1.36. The number of unbranched alkanes of at least 4 members (excludes halogenated alkanes) is 2. The lowest BCUT2D eigenvalue weighted by atomic mass is 10.1. The number of aromatic nitrogens is 2. The van der Waals surface area contributed by atoms with E-state index in [1.165, 1.54) is 4.90 Å². The fraction of sp³-hybridized carbons (Fsp3) is 0.450. The number of benzene rings is 1. The van der Waals surface area contributed by atoms with E-state index in [0.717, 1.165) is 36.9 Å². The van der Waals surface area contributed by atoms with Crippen molar-refractivity contribution in [2.45, 2.75) is 51.1 Å². The van der Waals surface area contributed by atoms with E-state index in [-0.39, 0.29) is 0 Å². The van der Waals surface area contributed by atoms with Gasteiger partial charge in [0.1, 0.15) is 0 Å². The van der Waals surface area contributed by atoms with Crippen molar-refractivity contribution < 1.29 is 19.8 Å². The molecule has 2 amide bonds. The Kier molecular flexibility index (Phi) is 6.78. The van der Waals surface area contributed by atoms with Crippen LogP contribution in [0, 0.1) is 0 Å². The third-order valence-electron chi connectivity index (χ3n) is 4.90. The topological polar surface area (TPSA) is 108 Å². The highest BCUT2D eigenvalue weighted by Gasteiger charge is 2.35. The van der Waals surface area contributed by atoms with Crippen molar-refractivity contribution in [1.82, 2.24) is 20.0 Å². The Hall–Kier alpha value is -2.71. The number of carbonyl (C=O) groups is 2. The predicted molar refractivity (Wildman–Crippen MR) is 102 cm³/mol. The Morgan fingerprint density at radius 3 is 2.39 bits per heavy atom. The Labute approximate surface area is 163 Å². The quantitative estimate of drug-likeness (QED) is 0.542. The van der Waals surface area contributed by atoms with Crippen LogP contribution in [-0.4, -0.2) is 55.5 Å². The first-order chi connectivity index (χ1) is 13.6. The molecule has 3 N–H and O–H groups in total. The van der Waals surface area contributed by atoms with E-state index >= 15 is 0 Å². The first-order valence-corrected chi connectivity index (χ1v) is 9.53. The number of nitrogens with one attached hydrogen (secondary N) is 1. The third-order valence-corrected chi connectivity index (χ3v) is 4.90. The number of nitrogens with zero attached hydrogens (tertiary/aromatic N) is 3. The molecule has 1 aliphatic rings. The number of aryl methyl sites for hydroxylation is 1. The summed E-state index contributed by atoms with van der Waals surface area (Å²) in [4.78, 5) is 25.9. The zero-order chi connectivity index (χ0) is 19.9. The molecular weight excluding hydrogens is 360 g/mol. The van der Waals surface area contributed by atoms with Gasteiger partial charge in [-0.25, -0.2) is 0 Å². The van der Waals surface area contributed by atoms with E-state index in [1.54, 1.807) is 6.20 Å². The number of rotatable bonds is 9. The molecule has 1 aliphatic heterocycles. The van der Waals surface area contributed by atoms with Gasteiger partial charge in [-0.1, -0.05) is 24.3 Å². The smallest absolute Gasteiger partial charge is 0.255 e. The van der Waals surface area contributed by atoms with Crippen molar-refractivity contribution in [3.05, 3.63) is 53.9 Å². The van der Waals surface area contributed by atoms with Crippen LogP contribution in [0.2, 0.25) is 0 Å². The van der Waals surface area contributed by atoms with E-state index < -0.39 is 24.0 Å². The van der Waals surface area contributed by atoms with Crippen LogP contribution in [0.15, 0.2) is 42.7 Å². The van der Waals surface area contributed by atoms with Gasteiger partial charge in [-0.05, 0) is 36.5 Å². The molecule has 28 heavy (non-hydrogen) atoms. The summed E-state index contributed by atoms with van der Waals surface area (Å²) in [6.07, 6.45) is 2.64. The molecule has 0 radical (unpaired) electrons. The van der Waals surface area contributed by atoms with Crippen LogP contribution < -0.4 is 5.32 Å². The molecular formula is C20H26N4O4. The van der Waals surface area contributed by atoms with Gasteiger partial charge in [-0.15, -0.1) is 0 Å². The maximum atomic E-state index is 12.4. The molecule has 0 unspecified atom stereocenters. The monoisotopic (exact) mass is 386 g/mol. The van der Waals surface area contributed by atoms with Crippen LogP contribution in [-0.2, 0) is 29.2 Å². The third kappa shape index (κ3) is 4.96. The first kappa shape index (κ1) is 20.0. The number of fused-ring (bicyclic) bond motifs is 1. The average molecular weight is 386 g/mol. The maximum Gasteiger partial charge on any atom is 0.255 e. The number of carbonyl (C=O) groups excluding carboxylic acids is 2. The normalized spacial score (nSPS) is 15.1. The molecule has 2 aromatic rings. The minimum atomic E-state index is -1.78. The van der Waals surface area contributed by atoms with Gasteiger partial charge in [0.05, 0.1) is 0 Å². The second-order valence-electron chi connectivity index (χ2n) is 6.97. The van der Waals surface area contributed by atoms with E-state index in [9.17, 15) is 19.8 Å². The van der Waals surface area contributed by atoms with E-state index in [2.05, 4.69) is 10.4 Å². The van der Waals surface area contributed by atoms with Crippen LogP contribution in [0.5, 0.6) is 0 Å². The predicted octanol–water partition coefficient (Wildman–Crippen LogP) is 0.434. The van der Waals surface area contributed by atoms with Gasteiger partial charge in [0.25, 0.3) is 11.8 Å². The van der Waals surface area contributed by atoms with Gasteiger partial charge < -0.3 is 20.4 Å². The number of aliphatic hydroxyl groups is 2. The molecule has 1 aromatic heterocycles. The zero-order valence-electron chi connectivity index (χ0n) is 15.7. The maximum absolute atomic E-state index is 12.4. The van der Waals surface area contributed by atoms with E-state index in [4.69, 9.17) is 0 Å². The van der Waals surface area contributed by atoms with Crippen molar-refractivity contribution in [3.8, 4) is 0 Å². The highest BCUT2D eigenvalue weighted by atomic mass is 16.3. The van der Waals surface area contributed by atoms with Crippen molar-refractivity contribution in [3.63, 3.8) is 0 Å². The summed E-state index contributed by atoms with van der Waals surface area (Å²) >= 11 is 0. The van der Waals surface area contributed by atoms with Crippen LogP contribution in [0.4, 0.5) is 0 Å². The fourth-order valence-electron chi connectivity index (χ4n) is 3.28. The van der Waals surface area contributed by atoms with Gasteiger partial charge in [0, 0.05) is 38.6 Å². The Morgan fingerprint density at radius 2 is 1.75 bits per heavy atom. The molecule has 0 fully saturated rings. The molecule has 8 nitrogen and oxygen atoms in total. The standard InChI is InChI=1S/C20H26N4O4/c25-17(19(27)21-9-4-1-5-11-24-12-6-10-22-24)18(26)20(28)23-13-15-7-2-3-8-16(15)14-23/h2-3,6-8,10,12,17-18,25-26H,1,4-5,9,11,13-14H2,(H,21,27)/t17-,18-/m1/s1. The molecule has 1 aromatic carbocycles. The van der Waals surface area contributed by atoms with Gasteiger partial charge in [0.2, 0.25) is 0 Å². The average Bonchev–Trinajstić information content (AvgIpc) is 3.38. The summed E-state index contributed by atoms with van der Waals surface area (Å²) in [6, 6.07) is 9.49. The number of amides is 2. The molecule has 0 bridgehead atoms. The lowest BCUT2D eigenvalue weighted by Gasteiger charge is -2.22. The molecule has 150 valence electrons. The molecule has 2 atom stereocenters. The van der Waals surface area contributed by atoms with Crippen LogP contribution in [0.3, 0.4) is 0 Å². The summed E-state index contributed by atoms with van der Waals surface area (Å²) in [7, 11) is 0. The summed E-state index contributed by atoms with van der Waals surface area (Å²) in [5.74, 6) is -1.37. The zero-order valence-corrected chi connectivity index (χ0v) is 15.7. The SMILES string of the molecule is O=C(NCCCCCn1cccn1)[C@H](O)[C@@H](O)C(=O)N1Cc2ccccc2C1. The summed E-state index contributed by atoms with van der Waals surface area (Å²) in [6.45, 7) is 1.94. The van der Waals surface area contributed by atoms with Crippen molar-refractivity contribution >= 4 is 11.8 Å². The molecule has 0 saturated carbocycles. The second kappa shape index (κ2) is 9.48. The van der Waals surface area contributed by atoms with Gasteiger partial charge in [0.15, 0.2) is 12.2 Å². The molecule has 8 heteroatoms. The number of aliphatic hydroxyl groups excluding tert-OH is 2. The molecule has 0 aliphatic carbocycles. The fourth-order valence-corrected chi connectivity index (χ4v) is 3.28. The number of hydrogen-bond donors (Lipinski definition) is 3. The molecule has 2 heterocycles. The van der Waals surface area contributed by atoms with Crippen molar-refractivity contribution in [2.24, 2.45) is 0 Å².